The fourth-order valence-corrected chi connectivity index (χ4v) is 3.70. The Hall–Kier alpha value is -3.49. The summed E-state index contributed by atoms with van der Waals surface area (Å²) in [7, 11) is -3.78. The highest BCUT2D eigenvalue weighted by atomic mass is 32.2. The molecule has 8 heteroatoms. The summed E-state index contributed by atoms with van der Waals surface area (Å²) >= 11 is 0. The molecular formula is C22H21N5O2S. The van der Waals surface area contributed by atoms with E-state index in [0.717, 1.165) is 22.6 Å². The lowest BCUT2D eigenvalue weighted by Crippen LogP contribution is -2.12. The molecule has 30 heavy (non-hydrogen) atoms. The van der Waals surface area contributed by atoms with Crippen LogP contribution in [0.5, 0.6) is 0 Å². The van der Waals surface area contributed by atoms with Crippen molar-refractivity contribution in [3.63, 3.8) is 0 Å². The highest BCUT2D eigenvalue weighted by Gasteiger charge is 2.12. The number of hydrogen-bond acceptors (Lipinski definition) is 5. The van der Waals surface area contributed by atoms with Gasteiger partial charge in [0.2, 0.25) is 10.0 Å². The van der Waals surface area contributed by atoms with Crippen LogP contribution in [-0.2, 0) is 10.0 Å². The molecule has 3 N–H and O–H groups in total. The Morgan fingerprint density at radius 2 is 1.73 bits per heavy atom. The standard InChI is InChI=1S/C22H21N5O2S/c1-15-6-8-19(9-7-15)27-21(12-16(2)26-27)17-10-11-24-22(13-17)25-18-4-3-5-20(14-18)30(23,28)29/h3-14H,1-2H3,(H,24,25)(H2,23,28,29). The third kappa shape index (κ3) is 4.24. The number of nitrogens with zero attached hydrogens (tertiary/aromatic N) is 3. The third-order valence-corrected chi connectivity index (χ3v) is 5.51. The van der Waals surface area contributed by atoms with Gasteiger partial charge in [0, 0.05) is 17.4 Å². The van der Waals surface area contributed by atoms with Crippen molar-refractivity contribution in [2.75, 3.05) is 5.32 Å². The number of rotatable bonds is 5. The summed E-state index contributed by atoms with van der Waals surface area (Å²) in [6.07, 6.45) is 1.70. The van der Waals surface area contributed by atoms with Crippen LogP contribution in [-0.4, -0.2) is 23.2 Å². The maximum absolute atomic E-state index is 11.6. The number of nitrogens with one attached hydrogen (secondary N) is 1. The summed E-state index contributed by atoms with van der Waals surface area (Å²) in [4.78, 5) is 4.39. The van der Waals surface area contributed by atoms with E-state index in [2.05, 4.69) is 15.4 Å². The Morgan fingerprint density at radius 3 is 2.47 bits per heavy atom. The first-order valence-electron chi connectivity index (χ1n) is 9.30. The molecule has 0 bridgehead atoms. The summed E-state index contributed by atoms with van der Waals surface area (Å²) in [6, 6.07) is 20.3. The van der Waals surface area contributed by atoms with Gasteiger partial charge in [-0.25, -0.2) is 23.2 Å². The van der Waals surface area contributed by atoms with Crippen LogP contribution in [0.15, 0.2) is 77.8 Å². The molecule has 0 radical (unpaired) electrons. The van der Waals surface area contributed by atoms with Crippen molar-refractivity contribution in [2.24, 2.45) is 5.14 Å². The number of aromatic nitrogens is 3. The second kappa shape index (κ2) is 7.74. The van der Waals surface area contributed by atoms with Crippen molar-refractivity contribution >= 4 is 21.5 Å². The number of sulfonamides is 1. The van der Waals surface area contributed by atoms with Gasteiger partial charge in [-0.2, -0.15) is 5.10 Å². The van der Waals surface area contributed by atoms with Crippen LogP contribution in [0, 0.1) is 13.8 Å². The van der Waals surface area contributed by atoms with Gasteiger partial charge in [-0.05, 0) is 62.4 Å². The molecular weight excluding hydrogens is 398 g/mol. The Balaban J connectivity index is 1.69. The van der Waals surface area contributed by atoms with Crippen LogP contribution in [0.25, 0.3) is 16.9 Å². The van der Waals surface area contributed by atoms with Crippen molar-refractivity contribution in [2.45, 2.75) is 18.7 Å². The normalized spacial score (nSPS) is 11.4. The minimum Gasteiger partial charge on any atom is -0.340 e. The molecule has 0 unspecified atom stereocenters. The number of pyridine rings is 1. The van der Waals surface area contributed by atoms with E-state index < -0.39 is 10.0 Å². The van der Waals surface area contributed by atoms with Gasteiger partial charge in [0.1, 0.15) is 5.82 Å². The van der Waals surface area contributed by atoms with Crippen LogP contribution in [0.2, 0.25) is 0 Å². The summed E-state index contributed by atoms with van der Waals surface area (Å²) < 4.78 is 25.1. The maximum atomic E-state index is 11.6. The lowest BCUT2D eigenvalue weighted by atomic mass is 10.1. The number of hydrogen-bond donors (Lipinski definition) is 2. The van der Waals surface area contributed by atoms with E-state index in [-0.39, 0.29) is 4.90 Å². The minimum absolute atomic E-state index is 0.0386. The van der Waals surface area contributed by atoms with Crippen molar-refractivity contribution in [1.29, 1.82) is 0 Å². The average Bonchev–Trinajstić information content (AvgIpc) is 3.10. The Labute approximate surface area is 175 Å². The third-order valence-electron chi connectivity index (χ3n) is 4.60. The fourth-order valence-electron chi connectivity index (χ4n) is 3.14. The van der Waals surface area contributed by atoms with Crippen LogP contribution >= 0.6 is 0 Å². The second-order valence-electron chi connectivity index (χ2n) is 7.05. The monoisotopic (exact) mass is 419 g/mol. The number of anilines is 2. The smallest absolute Gasteiger partial charge is 0.238 e. The van der Waals surface area contributed by atoms with Crippen molar-refractivity contribution in [3.05, 3.63) is 84.2 Å². The van der Waals surface area contributed by atoms with Crippen LogP contribution in [0.4, 0.5) is 11.5 Å². The van der Waals surface area contributed by atoms with Gasteiger partial charge in [0.15, 0.2) is 0 Å². The number of nitrogens with two attached hydrogens (primary N) is 1. The van der Waals surface area contributed by atoms with Crippen LogP contribution < -0.4 is 10.5 Å². The SMILES string of the molecule is Cc1ccc(-n2nc(C)cc2-c2ccnc(Nc3cccc(S(N)(=O)=O)c3)c2)cc1. The Morgan fingerprint density at radius 1 is 0.967 bits per heavy atom. The van der Waals surface area contributed by atoms with Gasteiger partial charge in [0.05, 0.1) is 22.0 Å². The molecule has 0 aliphatic heterocycles. The zero-order valence-electron chi connectivity index (χ0n) is 16.6. The van der Waals surface area contributed by atoms with Gasteiger partial charge in [-0.15, -0.1) is 0 Å². The molecule has 152 valence electrons. The fraction of sp³-hybridized carbons (Fsp3) is 0.0909. The number of aryl methyl sites for hydroxylation is 2. The van der Waals surface area contributed by atoms with Gasteiger partial charge >= 0.3 is 0 Å². The molecule has 0 aliphatic rings. The van der Waals surface area contributed by atoms with Crippen molar-refractivity contribution in [3.8, 4) is 16.9 Å². The first-order valence-corrected chi connectivity index (χ1v) is 10.8. The molecule has 2 heterocycles. The lowest BCUT2D eigenvalue weighted by Gasteiger charge is -2.11. The van der Waals surface area contributed by atoms with E-state index in [4.69, 9.17) is 5.14 Å². The lowest BCUT2D eigenvalue weighted by molar-refractivity contribution is 0.598. The molecule has 0 saturated heterocycles. The Bertz CT molecular complexity index is 1310. The maximum Gasteiger partial charge on any atom is 0.238 e. The molecule has 2 aromatic heterocycles. The van der Waals surface area contributed by atoms with Crippen LogP contribution in [0.1, 0.15) is 11.3 Å². The average molecular weight is 420 g/mol. The molecule has 0 saturated carbocycles. The summed E-state index contributed by atoms with van der Waals surface area (Å²) in [5.41, 5.74) is 5.49. The highest BCUT2D eigenvalue weighted by molar-refractivity contribution is 7.89. The quantitative estimate of drug-likeness (QED) is 0.510. The number of primary sulfonamides is 1. The molecule has 7 nitrogen and oxygen atoms in total. The molecule has 4 aromatic rings. The first-order chi connectivity index (χ1) is 14.3. The van der Waals surface area contributed by atoms with E-state index in [1.807, 2.05) is 61.0 Å². The van der Waals surface area contributed by atoms with Gasteiger partial charge in [-0.1, -0.05) is 23.8 Å². The van der Waals surface area contributed by atoms with Gasteiger partial charge in [0.25, 0.3) is 0 Å². The van der Waals surface area contributed by atoms with E-state index >= 15 is 0 Å². The molecule has 2 aromatic carbocycles. The van der Waals surface area contributed by atoms with E-state index in [0.29, 0.717) is 11.5 Å². The molecule has 0 spiro atoms. The molecule has 0 amide bonds. The van der Waals surface area contributed by atoms with Crippen molar-refractivity contribution < 1.29 is 8.42 Å². The zero-order chi connectivity index (χ0) is 21.3. The molecule has 4 rings (SSSR count). The first kappa shape index (κ1) is 19.8. The predicted octanol–water partition coefficient (Wildman–Crippen LogP) is 3.94. The second-order valence-corrected chi connectivity index (χ2v) is 8.61. The zero-order valence-corrected chi connectivity index (χ0v) is 17.4. The van der Waals surface area contributed by atoms with E-state index in [1.54, 1.807) is 18.3 Å². The molecule has 0 fully saturated rings. The van der Waals surface area contributed by atoms with Crippen molar-refractivity contribution in [1.82, 2.24) is 14.8 Å². The molecule has 0 aliphatic carbocycles. The Kier molecular flexibility index (Phi) is 5.11. The summed E-state index contributed by atoms with van der Waals surface area (Å²) in [5, 5.41) is 13.0. The number of benzene rings is 2. The summed E-state index contributed by atoms with van der Waals surface area (Å²) in [5.74, 6) is 0.577. The van der Waals surface area contributed by atoms with Crippen LogP contribution in [0.3, 0.4) is 0 Å². The summed E-state index contributed by atoms with van der Waals surface area (Å²) in [6.45, 7) is 4.00. The molecule has 0 atom stereocenters. The van der Waals surface area contributed by atoms with E-state index in [9.17, 15) is 8.42 Å². The predicted molar refractivity (Wildman–Crippen MR) is 117 cm³/mol. The van der Waals surface area contributed by atoms with Gasteiger partial charge in [-0.3, -0.25) is 0 Å². The highest BCUT2D eigenvalue weighted by Crippen LogP contribution is 2.27. The van der Waals surface area contributed by atoms with E-state index in [1.165, 1.54) is 17.7 Å². The topological polar surface area (TPSA) is 103 Å². The minimum atomic E-state index is -3.78. The van der Waals surface area contributed by atoms with Gasteiger partial charge < -0.3 is 5.32 Å². The largest absolute Gasteiger partial charge is 0.340 e.